The van der Waals surface area contributed by atoms with Gasteiger partial charge in [-0.15, -0.1) is 0 Å². The number of carbonyl (C=O) groups excluding carboxylic acids is 3. The molecule has 4 saturated carbocycles. The maximum atomic E-state index is 13.0. The van der Waals surface area contributed by atoms with Gasteiger partial charge in [0.15, 0.2) is 6.10 Å². The molecular formula is C23H28FNO4. The molecule has 0 spiro atoms. The topological polar surface area (TPSA) is 72.5 Å². The number of ether oxygens (including phenoxy) is 1. The SMILES string of the molecule is C[C@@H](OC(=O)CNC(=O)CC12CC3CC(CC(C3)C1)C2)C(=O)c1ccc(F)cc1. The van der Waals surface area contributed by atoms with Gasteiger partial charge >= 0.3 is 5.97 Å². The zero-order valence-electron chi connectivity index (χ0n) is 16.8. The maximum absolute atomic E-state index is 13.0. The molecule has 4 bridgehead atoms. The van der Waals surface area contributed by atoms with Gasteiger partial charge in [-0.2, -0.15) is 0 Å². The molecule has 5 nitrogen and oxygen atoms in total. The number of benzene rings is 1. The van der Waals surface area contributed by atoms with E-state index in [0.29, 0.717) is 6.42 Å². The Hall–Kier alpha value is -2.24. The molecular weight excluding hydrogens is 373 g/mol. The smallest absolute Gasteiger partial charge is 0.326 e. The summed E-state index contributed by atoms with van der Waals surface area (Å²) in [6.45, 7) is 1.23. The highest BCUT2D eigenvalue weighted by molar-refractivity contribution is 6.00. The highest BCUT2D eigenvalue weighted by atomic mass is 19.1. The average Bonchev–Trinajstić information content (AvgIpc) is 2.65. The Kier molecular flexibility index (Phi) is 5.45. The number of carbonyl (C=O) groups is 3. The maximum Gasteiger partial charge on any atom is 0.326 e. The summed E-state index contributed by atoms with van der Waals surface area (Å²) in [6, 6.07) is 5.09. The van der Waals surface area contributed by atoms with E-state index < -0.39 is 23.7 Å². The lowest BCUT2D eigenvalue weighted by atomic mass is 9.49. The monoisotopic (exact) mass is 401 g/mol. The van der Waals surface area contributed by atoms with Crippen molar-refractivity contribution < 1.29 is 23.5 Å². The molecule has 0 unspecified atom stereocenters. The van der Waals surface area contributed by atoms with Crippen molar-refractivity contribution in [1.82, 2.24) is 5.32 Å². The van der Waals surface area contributed by atoms with Gasteiger partial charge in [-0.25, -0.2) is 4.39 Å². The molecule has 4 aliphatic rings. The predicted octanol–water partition coefficient (Wildman–Crippen LogP) is 3.66. The fourth-order valence-electron chi connectivity index (χ4n) is 6.22. The Morgan fingerprint density at radius 3 is 2.17 bits per heavy atom. The third kappa shape index (κ3) is 4.51. The van der Waals surface area contributed by atoms with E-state index in [9.17, 15) is 18.8 Å². The summed E-state index contributed by atoms with van der Waals surface area (Å²) in [5.74, 6) is 0.728. The lowest BCUT2D eigenvalue weighted by Gasteiger charge is -2.56. The van der Waals surface area contributed by atoms with Gasteiger partial charge in [-0.05, 0) is 92.9 Å². The second-order valence-corrected chi connectivity index (χ2v) is 9.37. The van der Waals surface area contributed by atoms with Crippen LogP contribution in [0.15, 0.2) is 24.3 Å². The molecule has 156 valence electrons. The quantitative estimate of drug-likeness (QED) is 0.559. The number of hydrogen-bond donors (Lipinski definition) is 1. The molecule has 0 radical (unpaired) electrons. The number of halogens is 1. The van der Waals surface area contributed by atoms with Crippen LogP contribution in [-0.4, -0.2) is 30.3 Å². The first kappa shape index (κ1) is 20.0. The van der Waals surface area contributed by atoms with E-state index in [1.165, 1.54) is 50.5 Å². The molecule has 4 fully saturated rings. The number of esters is 1. The van der Waals surface area contributed by atoms with Crippen LogP contribution in [0.2, 0.25) is 0 Å². The lowest BCUT2D eigenvalue weighted by Crippen LogP contribution is -2.48. The van der Waals surface area contributed by atoms with Crippen molar-refractivity contribution in [3.8, 4) is 0 Å². The summed E-state index contributed by atoms with van der Waals surface area (Å²) >= 11 is 0. The molecule has 1 atom stereocenters. The molecule has 5 rings (SSSR count). The van der Waals surface area contributed by atoms with Crippen LogP contribution in [0.3, 0.4) is 0 Å². The van der Waals surface area contributed by atoms with Gasteiger partial charge < -0.3 is 10.1 Å². The molecule has 0 saturated heterocycles. The van der Waals surface area contributed by atoms with Crippen LogP contribution in [0.1, 0.15) is 62.2 Å². The number of nitrogens with one attached hydrogen (secondary N) is 1. The van der Waals surface area contributed by atoms with Gasteiger partial charge in [0, 0.05) is 12.0 Å². The highest BCUT2D eigenvalue weighted by Crippen LogP contribution is 2.61. The van der Waals surface area contributed by atoms with E-state index >= 15 is 0 Å². The van der Waals surface area contributed by atoms with Gasteiger partial charge in [0.2, 0.25) is 11.7 Å². The van der Waals surface area contributed by atoms with Gasteiger partial charge in [-0.3, -0.25) is 14.4 Å². The van der Waals surface area contributed by atoms with E-state index in [1.807, 2.05) is 0 Å². The molecule has 29 heavy (non-hydrogen) atoms. The van der Waals surface area contributed by atoms with Gasteiger partial charge in [0.25, 0.3) is 0 Å². The van der Waals surface area contributed by atoms with Gasteiger partial charge in [0.05, 0.1) is 0 Å². The zero-order valence-corrected chi connectivity index (χ0v) is 16.8. The Morgan fingerprint density at radius 2 is 1.62 bits per heavy atom. The molecule has 0 heterocycles. The third-order valence-corrected chi connectivity index (χ3v) is 6.94. The molecule has 4 aliphatic carbocycles. The molecule has 0 aromatic heterocycles. The number of ketones is 1. The summed E-state index contributed by atoms with van der Waals surface area (Å²) in [5, 5.41) is 2.67. The zero-order chi connectivity index (χ0) is 20.6. The summed E-state index contributed by atoms with van der Waals surface area (Å²) in [6.07, 6.45) is 6.88. The van der Waals surface area contributed by atoms with E-state index in [4.69, 9.17) is 4.74 Å². The van der Waals surface area contributed by atoms with Gasteiger partial charge in [0.1, 0.15) is 12.4 Å². The minimum atomic E-state index is -0.993. The van der Waals surface area contributed by atoms with Crippen LogP contribution in [0.5, 0.6) is 0 Å². The average molecular weight is 401 g/mol. The first-order chi connectivity index (χ1) is 13.8. The summed E-state index contributed by atoms with van der Waals surface area (Å²) in [7, 11) is 0. The standard InChI is InChI=1S/C23H28FNO4/c1-14(22(28)18-2-4-19(24)5-3-18)29-21(27)13-25-20(26)12-23-9-15-6-16(10-23)8-17(7-15)11-23/h2-5,14-17H,6-13H2,1H3,(H,25,26)/t14-,15?,16?,17?,23?/m1/s1. The molecule has 1 N–H and O–H groups in total. The van der Waals surface area contributed by atoms with Gasteiger partial charge in [-0.1, -0.05) is 0 Å². The van der Waals surface area contributed by atoms with Crippen LogP contribution in [0.25, 0.3) is 0 Å². The van der Waals surface area contributed by atoms with Crippen LogP contribution in [0, 0.1) is 29.0 Å². The minimum Gasteiger partial charge on any atom is -0.453 e. The van der Waals surface area contributed by atoms with Crippen molar-refractivity contribution in [2.24, 2.45) is 23.2 Å². The second-order valence-electron chi connectivity index (χ2n) is 9.37. The third-order valence-electron chi connectivity index (χ3n) is 6.94. The first-order valence-electron chi connectivity index (χ1n) is 10.6. The first-order valence-corrected chi connectivity index (χ1v) is 10.6. The van der Waals surface area contributed by atoms with E-state index in [2.05, 4.69) is 5.32 Å². The fraction of sp³-hybridized carbons (Fsp3) is 0.609. The van der Waals surface area contributed by atoms with Crippen molar-refractivity contribution in [2.45, 2.75) is 58.0 Å². The van der Waals surface area contributed by atoms with Crippen molar-refractivity contribution in [3.63, 3.8) is 0 Å². The number of hydrogen-bond acceptors (Lipinski definition) is 4. The second kappa shape index (κ2) is 7.88. The van der Waals surface area contributed by atoms with E-state index in [0.717, 1.165) is 37.0 Å². The fourth-order valence-corrected chi connectivity index (χ4v) is 6.22. The Bertz CT molecular complexity index is 768. The molecule has 6 heteroatoms. The van der Waals surface area contributed by atoms with Crippen molar-refractivity contribution in [1.29, 1.82) is 0 Å². The lowest BCUT2D eigenvalue weighted by molar-refractivity contribution is -0.147. The van der Waals surface area contributed by atoms with Crippen molar-refractivity contribution >= 4 is 17.7 Å². The predicted molar refractivity (Wildman–Crippen MR) is 105 cm³/mol. The Morgan fingerprint density at radius 1 is 1.07 bits per heavy atom. The minimum absolute atomic E-state index is 0.110. The number of amides is 1. The van der Waals surface area contributed by atoms with Crippen LogP contribution in [0.4, 0.5) is 4.39 Å². The summed E-state index contributed by atoms with van der Waals surface area (Å²) in [4.78, 5) is 36.8. The highest BCUT2D eigenvalue weighted by Gasteiger charge is 2.51. The summed E-state index contributed by atoms with van der Waals surface area (Å²) < 4.78 is 18.1. The van der Waals surface area contributed by atoms with E-state index in [-0.39, 0.29) is 23.4 Å². The van der Waals surface area contributed by atoms with Crippen LogP contribution in [-0.2, 0) is 14.3 Å². The Labute approximate surface area is 170 Å². The number of Topliss-reactive ketones (excluding diaryl/α,β-unsaturated/α-hetero) is 1. The normalized spacial score (nSPS) is 30.6. The van der Waals surface area contributed by atoms with Crippen LogP contribution >= 0.6 is 0 Å². The molecule has 0 aliphatic heterocycles. The van der Waals surface area contributed by atoms with Crippen molar-refractivity contribution in [2.75, 3.05) is 6.54 Å². The molecule has 1 aromatic rings. The number of rotatable bonds is 7. The molecule has 1 aromatic carbocycles. The van der Waals surface area contributed by atoms with Crippen molar-refractivity contribution in [3.05, 3.63) is 35.6 Å². The summed E-state index contributed by atoms with van der Waals surface area (Å²) in [5.41, 5.74) is 0.395. The molecule has 1 amide bonds. The van der Waals surface area contributed by atoms with Crippen LogP contribution < -0.4 is 5.32 Å². The van der Waals surface area contributed by atoms with E-state index in [1.54, 1.807) is 0 Å². The Balaban J connectivity index is 1.23. The largest absolute Gasteiger partial charge is 0.453 e.